The molecule has 0 aliphatic carbocycles. The van der Waals surface area contributed by atoms with Crippen molar-refractivity contribution in [2.24, 2.45) is 0 Å². The second-order valence-electron chi connectivity index (χ2n) is 12.0. The van der Waals surface area contributed by atoms with E-state index in [-0.39, 0.29) is 72.0 Å². The average molecular weight is 681 g/mol. The molecule has 0 radical (unpaired) electrons. The van der Waals surface area contributed by atoms with Crippen molar-refractivity contribution in [1.29, 1.82) is 0 Å². The maximum atomic E-state index is 9.78. The van der Waals surface area contributed by atoms with Gasteiger partial charge in [-0.1, -0.05) is 103 Å². The number of para-hydroxylation sites is 3. The van der Waals surface area contributed by atoms with Crippen molar-refractivity contribution in [3.8, 4) is 39.9 Å². The largest absolute Gasteiger partial charge is 0.456 e. The third-order valence-corrected chi connectivity index (χ3v) is 10.1. The van der Waals surface area contributed by atoms with E-state index in [1.54, 1.807) is 28.8 Å². The van der Waals surface area contributed by atoms with Gasteiger partial charge < -0.3 is 8.98 Å². The Morgan fingerprint density at radius 3 is 2.16 bits per heavy atom. The van der Waals surface area contributed by atoms with Crippen molar-refractivity contribution >= 4 is 75.3 Å². The van der Waals surface area contributed by atoms with E-state index in [1.165, 1.54) is 0 Å². The molecule has 4 heterocycles. The quantitative estimate of drug-likeness (QED) is 0.186. The fourth-order valence-electron chi connectivity index (χ4n) is 6.80. The number of hydrogen-bond acceptors (Lipinski definition) is 5. The van der Waals surface area contributed by atoms with Gasteiger partial charge in [0, 0.05) is 58.4 Å². The molecule has 11 rings (SSSR count). The van der Waals surface area contributed by atoms with Gasteiger partial charge in [-0.15, -0.1) is 11.3 Å². The lowest BCUT2D eigenvalue weighted by Crippen LogP contribution is -2.03. The molecule has 0 amide bonds. The van der Waals surface area contributed by atoms with Gasteiger partial charge in [-0.25, -0.2) is 15.0 Å². The summed E-state index contributed by atoms with van der Waals surface area (Å²) in [6.45, 7) is 0. The number of benzene rings is 7. The van der Waals surface area contributed by atoms with Crippen LogP contribution in [0.25, 0.3) is 104 Å². The van der Waals surface area contributed by atoms with Gasteiger partial charge in [0.2, 0.25) is 0 Å². The number of aromatic nitrogens is 4. The van der Waals surface area contributed by atoms with Gasteiger partial charge in [-0.05, 0) is 54.5 Å². The average Bonchev–Trinajstić information content (AvgIpc) is 3.99. The lowest BCUT2D eigenvalue weighted by Gasteiger charge is -2.14. The Morgan fingerprint density at radius 2 is 1.24 bits per heavy atom. The molecule has 6 heteroatoms. The highest BCUT2D eigenvalue weighted by Gasteiger charge is 2.21. The summed E-state index contributed by atoms with van der Waals surface area (Å²) >= 11 is 0.971. The van der Waals surface area contributed by atoms with Gasteiger partial charge in [0.1, 0.15) is 11.2 Å². The highest BCUT2D eigenvalue weighted by atomic mass is 32.1. The molecule has 4 aromatic heterocycles. The van der Waals surface area contributed by atoms with Gasteiger partial charge in [0.25, 0.3) is 0 Å². The molecule has 238 valence electrons. The predicted molar refractivity (Wildman–Crippen MR) is 211 cm³/mol. The summed E-state index contributed by atoms with van der Waals surface area (Å²) in [5.41, 5.74) is 3.67. The van der Waals surface area contributed by atoms with Crippen molar-refractivity contribution in [2.75, 3.05) is 0 Å². The van der Waals surface area contributed by atoms with Gasteiger partial charge in [-0.3, -0.25) is 0 Å². The maximum absolute atomic E-state index is 9.78. The first kappa shape index (κ1) is 20.1. The molecule has 0 saturated heterocycles. The van der Waals surface area contributed by atoms with Crippen LogP contribution in [-0.2, 0) is 0 Å². The van der Waals surface area contributed by atoms with E-state index in [2.05, 4.69) is 0 Å². The number of nitrogens with zero attached hydrogens (tertiary/aromatic N) is 4. The maximum Gasteiger partial charge on any atom is 0.166 e. The lowest BCUT2D eigenvalue weighted by atomic mass is 10.1. The molecular weight excluding hydrogens is 645 g/mol. The summed E-state index contributed by atoms with van der Waals surface area (Å²) in [6, 6.07) is 26.3. The Balaban J connectivity index is 1.25. The first-order chi connectivity index (χ1) is 29.4. The number of fused-ring (bicyclic) bond motifs is 9. The molecule has 51 heavy (non-hydrogen) atoms. The Morgan fingerprint density at radius 1 is 0.510 bits per heavy atom. The molecule has 5 nitrogen and oxygen atoms in total. The summed E-state index contributed by atoms with van der Waals surface area (Å²) in [5.74, 6) is 0.932. The summed E-state index contributed by atoms with van der Waals surface area (Å²) in [7, 11) is 0. The molecule has 0 aliphatic rings. The normalized spacial score (nSPS) is 14.7. The second kappa shape index (κ2) is 10.9. The predicted octanol–water partition coefficient (Wildman–Crippen LogP) is 12.2. The first-order valence-corrected chi connectivity index (χ1v) is 16.9. The highest BCUT2D eigenvalue weighted by Crippen LogP contribution is 2.42. The molecule has 0 fully saturated rings. The monoisotopic (exact) mass is 680 g/mol. The Bertz CT molecular complexity index is 3730. The fraction of sp³-hybridized carbons (Fsp3) is 0. The van der Waals surface area contributed by atoms with Crippen LogP contribution >= 0.6 is 11.3 Å². The molecule has 11 aromatic rings. The Kier molecular flexibility index (Phi) is 4.32. The lowest BCUT2D eigenvalue weighted by molar-refractivity contribution is 0.669. The minimum atomic E-state index is -0.524. The summed E-state index contributed by atoms with van der Waals surface area (Å²) < 4.78 is 97.7. The van der Waals surface area contributed by atoms with Crippen LogP contribution in [0.15, 0.2) is 162 Å². The highest BCUT2D eigenvalue weighted by molar-refractivity contribution is 7.25. The topological polar surface area (TPSA) is 56.7 Å². The van der Waals surface area contributed by atoms with E-state index in [4.69, 9.17) is 27.6 Å². The van der Waals surface area contributed by atoms with Gasteiger partial charge >= 0.3 is 0 Å². The standard InChI is InChI=1S/C45H26N4OS/c1-2-12-27(13-3-1)43-46-44(28-22-23-31-30-15-6-10-20-39(30)50-40(31)24-28)48-45(47-43)33-17-5-9-19-37(33)49-36-18-8-4-14-29(36)34-25-35-32-16-7-11-21-41(32)51-42(35)26-38(34)49/h1-26H/i4D,7D,8D,11D,14D,16D,18D,21D,25D,26D. The van der Waals surface area contributed by atoms with E-state index in [9.17, 15) is 5.48 Å². The Labute approximate surface area is 309 Å². The smallest absolute Gasteiger partial charge is 0.166 e. The molecule has 7 aromatic carbocycles. The van der Waals surface area contributed by atoms with Crippen LogP contribution in [0.4, 0.5) is 0 Å². The fourth-order valence-corrected chi connectivity index (χ4v) is 7.77. The number of rotatable bonds is 4. The molecule has 0 aliphatic heterocycles. The van der Waals surface area contributed by atoms with Crippen LogP contribution in [0.3, 0.4) is 0 Å². The van der Waals surface area contributed by atoms with Crippen LogP contribution < -0.4 is 0 Å². The Hall–Kier alpha value is -6.63. The molecule has 0 N–H and O–H groups in total. The molecular formula is C45H26N4OS. The van der Waals surface area contributed by atoms with Crippen molar-refractivity contribution in [1.82, 2.24) is 19.5 Å². The number of thiophene rings is 1. The summed E-state index contributed by atoms with van der Waals surface area (Å²) in [6.07, 6.45) is 0. The van der Waals surface area contributed by atoms with E-state index in [0.29, 0.717) is 39.6 Å². The number of hydrogen-bond donors (Lipinski definition) is 0. The van der Waals surface area contributed by atoms with Crippen LogP contribution in [0.1, 0.15) is 13.7 Å². The zero-order chi connectivity index (χ0) is 42.2. The van der Waals surface area contributed by atoms with Crippen molar-refractivity contribution < 1.29 is 18.1 Å². The van der Waals surface area contributed by atoms with Crippen molar-refractivity contribution in [3.63, 3.8) is 0 Å². The SMILES string of the molecule is [2H]c1c([2H])c([2H])c2c(sc3c([2H])c4c(c([2H])c32)c2c([2H])c([2H])c([2H])c([2H])c2n4-c2ccccc2-c2nc(-c3ccccc3)nc(-c3ccc4c(c3)oc3ccccc34)n2)c1[2H]. The zero-order valence-electron chi connectivity index (χ0n) is 36.3. The van der Waals surface area contributed by atoms with Crippen molar-refractivity contribution in [3.05, 3.63) is 157 Å². The molecule has 0 bridgehead atoms. The summed E-state index contributed by atoms with van der Waals surface area (Å²) in [5, 5.41) is 2.15. The van der Waals surface area contributed by atoms with Gasteiger partial charge in [0.15, 0.2) is 17.5 Å². The second-order valence-corrected chi connectivity index (χ2v) is 13.1. The van der Waals surface area contributed by atoms with Crippen LogP contribution in [-0.4, -0.2) is 19.5 Å². The van der Waals surface area contributed by atoms with E-state index >= 15 is 0 Å². The summed E-state index contributed by atoms with van der Waals surface area (Å²) in [4.78, 5) is 14.9. The minimum Gasteiger partial charge on any atom is -0.456 e. The molecule has 0 unspecified atom stereocenters. The van der Waals surface area contributed by atoms with Crippen LogP contribution in [0, 0.1) is 0 Å². The molecule has 0 spiro atoms. The molecule has 0 saturated carbocycles. The van der Waals surface area contributed by atoms with Gasteiger partial charge in [0.05, 0.1) is 30.4 Å². The van der Waals surface area contributed by atoms with Crippen LogP contribution in [0.5, 0.6) is 0 Å². The van der Waals surface area contributed by atoms with Crippen molar-refractivity contribution in [2.45, 2.75) is 0 Å². The van der Waals surface area contributed by atoms with E-state index < -0.39 is 36.3 Å². The van der Waals surface area contributed by atoms with E-state index in [0.717, 1.165) is 27.7 Å². The van der Waals surface area contributed by atoms with Crippen LogP contribution in [0.2, 0.25) is 0 Å². The zero-order valence-corrected chi connectivity index (χ0v) is 27.2. The minimum absolute atomic E-state index is 0.00293. The molecule has 0 atom stereocenters. The third-order valence-electron chi connectivity index (χ3n) is 9.11. The third kappa shape index (κ3) is 4.37. The van der Waals surface area contributed by atoms with Gasteiger partial charge in [-0.2, -0.15) is 0 Å². The number of furan rings is 1. The first-order valence-electron chi connectivity index (χ1n) is 21.1. The van der Waals surface area contributed by atoms with E-state index in [1.807, 2.05) is 72.8 Å².